The number of hydrogen-bond acceptors (Lipinski definition) is 4. The zero-order valence-corrected chi connectivity index (χ0v) is 15.2. The molecule has 0 saturated heterocycles. The van der Waals surface area contributed by atoms with E-state index in [0.717, 1.165) is 15.0 Å². The first kappa shape index (κ1) is 16.7. The molecule has 3 amide bonds. The first-order valence-corrected chi connectivity index (χ1v) is 8.83. The van der Waals surface area contributed by atoms with Crippen LogP contribution in [0.4, 0.5) is 5.69 Å². The summed E-state index contributed by atoms with van der Waals surface area (Å²) in [5.74, 6) is -0.786. The topological polar surface area (TPSA) is 78.5 Å². The molecule has 1 aliphatic rings. The maximum atomic E-state index is 12.2. The van der Waals surface area contributed by atoms with Crippen LogP contribution in [0, 0.1) is 0 Å². The molecule has 2 aromatic rings. The Labute approximate surface area is 150 Å². The average molecular weight is 408 g/mol. The maximum absolute atomic E-state index is 12.2. The monoisotopic (exact) mass is 407 g/mol. The van der Waals surface area contributed by atoms with Crippen LogP contribution in [0.5, 0.6) is 0 Å². The van der Waals surface area contributed by atoms with Crippen molar-refractivity contribution in [3.8, 4) is 0 Å². The van der Waals surface area contributed by atoms with E-state index in [-0.39, 0.29) is 11.8 Å². The molecule has 0 spiro atoms. The number of nitrogens with one attached hydrogen (secondary N) is 2. The smallest absolute Gasteiger partial charge is 0.279 e. The molecule has 0 bridgehead atoms. The lowest BCUT2D eigenvalue weighted by atomic mass is 10.1. The van der Waals surface area contributed by atoms with E-state index in [2.05, 4.69) is 26.8 Å². The number of rotatable bonds is 2. The van der Waals surface area contributed by atoms with Crippen molar-refractivity contribution >= 4 is 50.7 Å². The van der Waals surface area contributed by atoms with Crippen molar-refractivity contribution in [2.75, 3.05) is 11.4 Å². The molecule has 1 aromatic heterocycles. The fraction of sp³-hybridized carbons (Fsp3) is 0.188. The van der Waals surface area contributed by atoms with Crippen LogP contribution in [-0.2, 0) is 11.2 Å². The summed E-state index contributed by atoms with van der Waals surface area (Å²) < 4.78 is 0.840. The minimum absolute atomic E-state index is 0.0136. The Morgan fingerprint density at radius 1 is 1.12 bits per heavy atom. The third-order valence-corrected chi connectivity index (χ3v) is 5.33. The van der Waals surface area contributed by atoms with Crippen molar-refractivity contribution in [3.63, 3.8) is 0 Å². The number of halogens is 1. The van der Waals surface area contributed by atoms with Crippen LogP contribution in [0.25, 0.3) is 0 Å². The molecule has 24 heavy (non-hydrogen) atoms. The molecule has 0 fully saturated rings. The number of amides is 3. The second-order valence-corrected chi connectivity index (χ2v) is 7.74. The van der Waals surface area contributed by atoms with Crippen LogP contribution >= 0.6 is 27.3 Å². The lowest BCUT2D eigenvalue weighted by Gasteiger charge is -2.14. The summed E-state index contributed by atoms with van der Waals surface area (Å²) in [6.07, 6.45) is 0.714. The van der Waals surface area contributed by atoms with E-state index >= 15 is 0 Å². The lowest BCUT2D eigenvalue weighted by Crippen LogP contribution is -2.41. The molecule has 0 atom stereocenters. The molecular formula is C16H14BrN3O3S. The average Bonchev–Trinajstić information content (AvgIpc) is 3.17. The number of hydrazine groups is 1. The number of anilines is 1. The number of benzene rings is 1. The van der Waals surface area contributed by atoms with Crippen LogP contribution in [0.3, 0.4) is 0 Å². The maximum Gasteiger partial charge on any atom is 0.279 e. The van der Waals surface area contributed by atoms with E-state index in [1.54, 1.807) is 35.2 Å². The number of thiophene rings is 1. The van der Waals surface area contributed by atoms with E-state index in [0.29, 0.717) is 23.4 Å². The van der Waals surface area contributed by atoms with Gasteiger partial charge in [0.15, 0.2) is 0 Å². The Kier molecular flexibility index (Phi) is 4.68. The lowest BCUT2D eigenvalue weighted by molar-refractivity contribution is -0.116. The highest BCUT2D eigenvalue weighted by Gasteiger charge is 2.23. The minimum Gasteiger partial charge on any atom is -0.312 e. The largest absolute Gasteiger partial charge is 0.312 e. The van der Waals surface area contributed by atoms with Crippen molar-refractivity contribution in [2.45, 2.75) is 13.3 Å². The quantitative estimate of drug-likeness (QED) is 0.750. The Morgan fingerprint density at radius 2 is 1.88 bits per heavy atom. The zero-order valence-electron chi connectivity index (χ0n) is 12.8. The summed E-state index contributed by atoms with van der Waals surface area (Å²) in [7, 11) is 0. The van der Waals surface area contributed by atoms with Crippen LogP contribution in [0.1, 0.15) is 32.5 Å². The Hall–Kier alpha value is -2.19. The fourth-order valence-corrected chi connectivity index (χ4v) is 3.84. The van der Waals surface area contributed by atoms with Crippen LogP contribution in [-0.4, -0.2) is 24.3 Å². The van der Waals surface area contributed by atoms with Crippen molar-refractivity contribution < 1.29 is 14.4 Å². The van der Waals surface area contributed by atoms with E-state index in [1.165, 1.54) is 18.3 Å². The van der Waals surface area contributed by atoms with Gasteiger partial charge < -0.3 is 4.90 Å². The second-order valence-electron chi connectivity index (χ2n) is 5.28. The van der Waals surface area contributed by atoms with Gasteiger partial charge in [-0.25, -0.2) is 0 Å². The summed E-state index contributed by atoms with van der Waals surface area (Å²) in [5.41, 5.74) is 7.02. The molecule has 1 aliphatic heterocycles. The van der Waals surface area contributed by atoms with Crippen molar-refractivity contribution in [3.05, 3.63) is 50.1 Å². The zero-order chi connectivity index (χ0) is 17.3. The molecule has 3 rings (SSSR count). The van der Waals surface area contributed by atoms with Gasteiger partial charge in [0.2, 0.25) is 5.91 Å². The number of carbonyl (C=O) groups excluding carboxylic acids is 3. The standard InChI is InChI=1S/C16H14BrN3O3S/c1-9(21)20-7-6-10-8-11(2-3-12(10)20)15(22)18-19-16(23)13-4-5-14(17)24-13/h2-5,8H,6-7H2,1H3,(H,18,22)(H,19,23). The van der Waals surface area contributed by atoms with Crippen molar-refractivity contribution in [2.24, 2.45) is 0 Å². The minimum atomic E-state index is -0.400. The predicted molar refractivity (Wildman–Crippen MR) is 95.1 cm³/mol. The summed E-state index contributed by atoms with van der Waals surface area (Å²) in [5, 5.41) is 0. The fourth-order valence-electron chi connectivity index (χ4n) is 2.55. The SMILES string of the molecule is CC(=O)N1CCc2cc(C(=O)NNC(=O)c3ccc(Br)s3)ccc21. The van der Waals surface area contributed by atoms with Crippen LogP contribution in [0.15, 0.2) is 34.1 Å². The van der Waals surface area contributed by atoms with Crippen molar-refractivity contribution in [1.29, 1.82) is 0 Å². The molecular weight excluding hydrogens is 394 g/mol. The summed E-state index contributed by atoms with van der Waals surface area (Å²) in [6, 6.07) is 8.59. The van der Waals surface area contributed by atoms with Gasteiger partial charge in [-0.2, -0.15) is 0 Å². The van der Waals surface area contributed by atoms with Gasteiger partial charge >= 0.3 is 0 Å². The Morgan fingerprint density at radius 3 is 2.54 bits per heavy atom. The van der Waals surface area contributed by atoms with E-state index < -0.39 is 5.91 Å². The molecule has 2 heterocycles. The third-order valence-electron chi connectivity index (χ3n) is 3.70. The molecule has 124 valence electrons. The molecule has 0 radical (unpaired) electrons. The predicted octanol–water partition coefficient (Wildman–Crippen LogP) is 2.49. The molecule has 0 saturated carbocycles. The van der Waals surface area contributed by atoms with Gasteiger partial charge in [0.25, 0.3) is 11.8 Å². The van der Waals surface area contributed by atoms with Gasteiger partial charge in [-0.1, -0.05) is 0 Å². The van der Waals surface area contributed by atoms with Gasteiger partial charge in [-0.3, -0.25) is 25.2 Å². The highest BCUT2D eigenvalue weighted by Crippen LogP contribution is 2.28. The van der Waals surface area contributed by atoms with E-state index in [9.17, 15) is 14.4 Å². The van der Waals surface area contributed by atoms with Crippen molar-refractivity contribution in [1.82, 2.24) is 10.9 Å². The number of carbonyl (C=O) groups is 3. The highest BCUT2D eigenvalue weighted by molar-refractivity contribution is 9.11. The van der Waals surface area contributed by atoms with E-state index in [1.807, 2.05) is 0 Å². The van der Waals surface area contributed by atoms with Crippen LogP contribution in [0.2, 0.25) is 0 Å². The third kappa shape index (κ3) is 3.34. The summed E-state index contributed by atoms with van der Waals surface area (Å²) in [6.45, 7) is 2.15. The number of nitrogens with zero attached hydrogens (tertiary/aromatic N) is 1. The molecule has 1 aromatic carbocycles. The second kappa shape index (κ2) is 6.74. The number of fused-ring (bicyclic) bond motifs is 1. The Balaban J connectivity index is 1.66. The van der Waals surface area contributed by atoms with Crippen LogP contribution < -0.4 is 15.8 Å². The molecule has 8 heteroatoms. The first-order chi connectivity index (χ1) is 11.5. The number of hydrogen-bond donors (Lipinski definition) is 2. The molecule has 0 unspecified atom stereocenters. The molecule has 6 nitrogen and oxygen atoms in total. The van der Waals surface area contributed by atoms with Gasteiger partial charge in [-0.05, 0) is 58.2 Å². The van der Waals surface area contributed by atoms with Gasteiger partial charge in [0.05, 0.1) is 8.66 Å². The summed E-state index contributed by atoms with van der Waals surface area (Å²) in [4.78, 5) is 37.8. The first-order valence-electron chi connectivity index (χ1n) is 7.23. The van der Waals surface area contributed by atoms with Gasteiger partial charge in [0, 0.05) is 24.7 Å². The molecule has 0 aliphatic carbocycles. The highest BCUT2D eigenvalue weighted by atomic mass is 79.9. The normalized spacial score (nSPS) is 12.7. The summed E-state index contributed by atoms with van der Waals surface area (Å²) >= 11 is 4.56. The molecule has 2 N–H and O–H groups in total. The van der Waals surface area contributed by atoms with Gasteiger partial charge in [0.1, 0.15) is 0 Å². The van der Waals surface area contributed by atoms with Gasteiger partial charge in [-0.15, -0.1) is 11.3 Å². The van der Waals surface area contributed by atoms with E-state index in [4.69, 9.17) is 0 Å². The Bertz CT molecular complexity index is 834.